The van der Waals surface area contributed by atoms with Crippen molar-refractivity contribution in [3.63, 3.8) is 0 Å². The van der Waals surface area contributed by atoms with Gasteiger partial charge in [-0.1, -0.05) is 0 Å². The molecule has 2 nitrogen and oxygen atoms in total. The van der Waals surface area contributed by atoms with Crippen LogP contribution in [0.25, 0.3) is 0 Å². The number of aryl methyl sites for hydroxylation is 1. The molecule has 1 unspecified atom stereocenters. The number of nitrogens with zero attached hydrogens (tertiary/aromatic N) is 1. The fourth-order valence-corrected chi connectivity index (χ4v) is 1.97. The summed E-state index contributed by atoms with van der Waals surface area (Å²) in [5.41, 5.74) is 1.13. The molecular formula is C9H15ClN2S. The minimum absolute atomic E-state index is 0.472. The smallest absolute Gasteiger partial charge is 0.0897 e. The molecule has 0 aliphatic rings. The Morgan fingerprint density at radius 3 is 3.00 bits per heavy atom. The molecule has 74 valence electrons. The first-order valence-corrected chi connectivity index (χ1v) is 5.84. The average molecular weight is 219 g/mol. The molecule has 1 atom stereocenters. The molecule has 0 fully saturated rings. The van der Waals surface area contributed by atoms with Gasteiger partial charge in [0, 0.05) is 23.8 Å². The number of aromatic nitrogens is 1. The van der Waals surface area contributed by atoms with E-state index < -0.39 is 0 Å². The summed E-state index contributed by atoms with van der Waals surface area (Å²) < 4.78 is 0. The van der Waals surface area contributed by atoms with Crippen molar-refractivity contribution >= 4 is 22.9 Å². The van der Waals surface area contributed by atoms with E-state index in [2.05, 4.69) is 22.6 Å². The first-order valence-electron chi connectivity index (χ1n) is 4.42. The standard InChI is InChI=1S/C9H15ClN2S/c1-7(3-4-10)11-5-9-6-13-8(2)12-9/h6-7,11H,3-5H2,1-2H3. The van der Waals surface area contributed by atoms with Crippen LogP contribution in [0.5, 0.6) is 0 Å². The van der Waals surface area contributed by atoms with Crippen LogP contribution in [-0.4, -0.2) is 16.9 Å². The number of hydrogen-bond donors (Lipinski definition) is 1. The highest BCUT2D eigenvalue weighted by Gasteiger charge is 2.02. The lowest BCUT2D eigenvalue weighted by Crippen LogP contribution is -2.25. The Hall–Kier alpha value is -0.120. The number of nitrogens with one attached hydrogen (secondary N) is 1. The predicted molar refractivity (Wildman–Crippen MR) is 58.5 cm³/mol. The molecule has 0 aliphatic heterocycles. The van der Waals surface area contributed by atoms with E-state index in [0.717, 1.165) is 23.7 Å². The number of hydrogen-bond acceptors (Lipinski definition) is 3. The van der Waals surface area contributed by atoms with E-state index in [4.69, 9.17) is 11.6 Å². The molecule has 1 aromatic heterocycles. The maximum atomic E-state index is 5.63. The molecule has 0 saturated carbocycles. The molecule has 0 saturated heterocycles. The lowest BCUT2D eigenvalue weighted by Gasteiger charge is -2.10. The Kier molecular flexibility index (Phi) is 4.70. The monoisotopic (exact) mass is 218 g/mol. The van der Waals surface area contributed by atoms with E-state index >= 15 is 0 Å². The summed E-state index contributed by atoms with van der Waals surface area (Å²) in [5.74, 6) is 0.713. The molecule has 1 rings (SSSR count). The number of thiazole rings is 1. The van der Waals surface area contributed by atoms with Crippen molar-refractivity contribution in [3.05, 3.63) is 16.1 Å². The van der Waals surface area contributed by atoms with Gasteiger partial charge in [-0.3, -0.25) is 0 Å². The molecule has 0 radical (unpaired) electrons. The number of halogens is 1. The molecule has 0 amide bonds. The lowest BCUT2D eigenvalue weighted by molar-refractivity contribution is 0.532. The first-order chi connectivity index (χ1) is 6.22. The van der Waals surface area contributed by atoms with Gasteiger partial charge in [0.25, 0.3) is 0 Å². The van der Waals surface area contributed by atoms with Crippen LogP contribution < -0.4 is 5.32 Å². The molecule has 1 heterocycles. The zero-order chi connectivity index (χ0) is 9.68. The van der Waals surface area contributed by atoms with E-state index in [1.807, 2.05) is 6.92 Å². The van der Waals surface area contributed by atoms with Crippen LogP contribution in [0.2, 0.25) is 0 Å². The summed E-state index contributed by atoms with van der Waals surface area (Å²) in [6, 6.07) is 0.472. The zero-order valence-electron chi connectivity index (χ0n) is 8.01. The third-order valence-corrected chi connectivity index (χ3v) is 2.88. The highest BCUT2D eigenvalue weighted by molar-refractivity contribution is 7.09. The Morgan fingerprint density at radius 2 is 2.46 bits per heavy atom. The van der Waals surface area contributed by atoms with Crippen LogP contribution in [0.3, 0.4) is 0 Å². The van der Waals surface area contributed by atoms with E-state index in [1.54, 1.807) is 11.3 Å². The van der Waals surface area contributed by atoms with Crippen molar-refractivity contribution in [1.82, 2.24) is 10.3 Å². The van der Waals surface area contributed by atoms with Crippen molar-refractivity contribution in [2.24, 2.45) is 0 Å². The Labute approximate surface area is 88.3 Å². The summed E-state index contributed by atoms with van der Waals surface area (Å²) in [4.78, 5) is 4.37. The summed E-state index contributed by atoms with van der Waals surface area (Å²) in [6.07, 6.45) is 1.00. The second-order valence-electron chi connectivity index (χ2n) is 3.12. The Bertz CT molecular complexity index is 250. The van der Waals surface area contributed by atoms with E-state index in [1.165, 1.54) is 0 Å². The van der Waals surface area contributed by atoms with Crippen LogP contribution in [-0.2, 0) is 6.54 Å². The van der Waals surface area contributed by atoms with Crippen molar-refractivity contribution < 1.29 is 0 Å². The van der Waals surface area contributed by atoms with Crippen LogP contribution in [0, 0.1) is 6.92 Å². The normalized spacial score (nSPS) is 13.2. The van der Waals surface area contributed by atoms with Gasteiger partial charge in [0.1, 0.15) is 0 Å². The quantitative estimate of drug-likeness (QED) is 0.769. The highest BCUT2D eigenvalue weighted by Crippen LogP contribution is 2.07. The van der Waals surface area contributed by atoms with E-state index in [-0.39, 0.29) is 0 Å². The van der Waals surface area contributed by atoms with Crippen LogP contribution in [0.15, 0.2) is 5.38 Å². The SMILES string of the molecule is Cc1nc(CNC(C)CCCl)cs1. The molecule has 0 aliphatic carbocycles. The van der Waals surface area contributed by atoms with Crippen LogP contribution >= 0.6 is 22.9 Å². The van der Waals surface area contributed by atoms with Gasteiger partial charge in [-0.2, -0.15) is 0 Å². The number of alkyl halides is 1. The largest absolute Gasteiger partial charge is 0.309 e. The summed E-state index contributed by atoms with van der Waals surface area (Å²) in [7, 11) is 0. The fraction of sp³-hybridized carbons (Fsp3) is 0.667. The zero-order valence-corrected chi connectivity index (χ0v) is 9.58. The fourth-order valence-electron chi connectivity index (χ4n) is 1.03. The molecule has 0 aromatic carbocycles. The average Bonchev–Trinajstić information content (AvgIpc) is 2.49. The van der Waals surface area contributed by atoms with E-state index in [0.29, 0.717) is 11.9 Å². The van der Waals surface area contributed by atoms with E-state index in [9.17, 15) is 0 Å². The van der Waals surface area contributed by atoms with Gasteiger partial charge in [-0.15, -0.1) is 22.9 Å². The Balaban J connectivity index is 2.26. The predicted octanol–water partition coefficient (Wildman–Crippen LogP) is 2.56. The third-order valence-electron chi connectivity index (χ3n) is 1.84. The third kappa shape index (κ3) is 4.07. The maximum absolute atomic E-state index is 5.63. The van der Waals surface area contributed by atoms with Gasteiger partial charge in [0.05, 0.1) is 10.7 Å². The van der Waals surface area contributed by atoms with Gasteiger partial charge in [-0.05, 0) is 20.3 Å². The first kappa shape index (κ1) is 11.0. The summed E-state index contributed by atoms with van der Waals surface area (Å²) in [5, 5.41) is 6.59. The van der Waals surface area contributed by atoms with Crippen molar-refractivity contribution in [1.29, 1.82) is 0 Å². The van der Waals surface area contributed by atoms with Crippen molar-refractivity contribution in [2.45, 2.75) is 32.9 Å². The lowest BCUT2D eigenvalue weighted by atomic mass is 10.2. The van der Waals surface area contributed by atoms with Crippen molar-refractivity contribution in [2.75, 3.05) is 5.88 Å². The van der Waals surface area contributed by atoms with Gasteiger partial charge >= 0.3 is 0 Å². The minimum Gasteiger partial charge on any atom is -0.309 e. The molecule has 0 bridgehead atoms. The van der Waals surface area contributed by atoms with Crippen LogP contribution in [0.1, 0.15) is 24.0 Å². The highest BCUT2D eigenvalue weighted by atomic mass is 35.5. The molecular weight excluding hydrogens is 204 g/mol. The van der Waals surface area contributed by atoms with Crippen molar-refractivity contribution in [3.8, 4) is 0 Å². The summed E-state index contributed by atoms with van der Waals surface area (Å²) in [6.45, 7) is 5.01. The molecule has 1 N–H and O–H groups in total. The topological polar surface area (TPSA) is 24.9 Å². The Morgan fingerprint density at radius 1 is 1.69 bits per heavy atom. The second-order valence-corrected chi connectivity index (χ2v) is 4.56. The van der Waals surface area contributed by atoms with Gasteiger partial charge in [-0.25, -0.2) is 4.98 Å². The minimum atomic E-state index is 0.472. The van der Waals surface area contributed by atoms with Gasteiger partial charge in [0.2, 0.25) is 0 Å². The summed E-state index contributed by atoms with van der Waals surface area (Å²) >= 11 is 7.32. The molecule has 1 aromatic rings. The molecule has 13 heavy (non-hydrogen) atoms. The molecule has 4 heteroatoms. The second kappa shape index (κ2) is 5.58. The van der Waals surface area contributed by atoms with Gasteiger partial charge < -0.3 is 5.32 Å². The molecule has 0 spiro atoms. The maximum Gasteiger partial charge on any atom is 0.0897 e. The number of rotatable bonds is 5. The van der Waals surface area contributed by atoms with Gasteiger partial charge in [0.15, 0.2) is 0 Å². The van der Waals surface area contributed by atoms with Crippen LogP contribution in [0.4, 0.5) is 0 Å².